The first-order chi connectivity index (χ1) is 14.0. The molecule has 0 saturated heterocycles. The lowest BCUT2D eigenvalue weighted by Gasteiger charge is -2.13. The fourth-order valence-corrected chi connectivity index (χ4v) is 3.16. The smallest absolute Gasteiger partial charge is 0.216 e. The van der Waals surface area contributed by atoms with Gasteiger partial charge in [-0.15, -0.1) is 24.0 Å². The van der Waals surface area contributed by atoms with Gasteiger partial charge in [0.25, 0.3) is 0 Å². The zero-order valence-corrected chi connectivity index (χ0v) is 20.1. The molecule has 11 heteroatoms. The molecule has 30 heavy (non-hydrogen) atoms. The quantitative estimate of drug-likeness (QED) is 0.188. The number of nitrogens with zero attached hydrogens (tertiary/aromatic N) is 3. The molecule has 4 N–H and O–H groups in total. The molecule has 0 fully saturated rings. The molecule has 0 amide bonds. The fourth-order valence-electron chi connectivity index (χ4n) is 2.61. The van der Waals surface area contributed by atoms with E-state index >= 15 is 0 Å². The third-order valence-electron chi connectivity index (χ3n) is 3.96. The van der Waals surface area contributed by atoms with Crippen LogP contribution in [0.1, 0.15) is 24.4 Å². The van der Waals surface area contributed by atoms with Gasteiger partial charge >= 0.3 is 0 Å². The first kappa shape index (κ1) is 24.4. The molecule has 3 rings (SSSR count). The van der Waals surface area contributed by atoms with Gasteiger partial charge < -0.3 is 20.2 Å². The zero-order chi connectivity index (χ0) is 20.6. The van der Waals surface area contributed by atoms with E-state index in [4.69, 9.17) is 27.6 Å². The van der Waals surface area contributed by atoms with Crippen molar-refractivity contribution in [2.75, 3.05) is 19.6 Å². The highest BCUT2D eigenvalue weighted by Gasteiger charge is 2.11. The molecule has 0 aliphatic heterocycles. The number of halogens is 3. The van der Waals surface area contributed by atoms with Crippen molar-refractivity contribution >= 4 is 53.1 Å². The number of aliphatic hydroxyl groups is 1. The number of benzene rings is 1. The van der Waals surface area contributed by atoms with E-state index in [-0.39, 0.29) is 30.5 Å². The van der Waals surface area contributed by atoms with Crippen LogP contribution in [0.3, 0.4) is 0 Å². The number of aromatic nitrogens is 3. The Balaban J connectivity index is 0.00000320. The average Bonchev–Trinajstić information content (AvgIpc) is 3.36. The van der Waals surface area contributed by atoms with E-state index in [9.17, 15) is 5.11 Å². The fraction of sp³-hybridized carbons (Fsp3) is 0.316. The number of hydrogen-bond acceptors (Lipinski definition) is 5. The molecule has 0 saturated carbocycles. The van der Waals surface area contributed by atoms with Crippen LogP contribution in [0.2, 0.25) is 10.0 Å². The molecule has 0 aliphatic rings. The summed E-state index contributed by atoms with van der Waals surface area (Å²) in [4.78, 5) is 8.82. The number of furan rings is 1. The Hall–Kier alpha value is -1.82. The van der Waals surface area contributed by atoms with Gasteiger partial charge in [-0.25, -0.2) is 4.98 Å². The standard InChI is InChI=1S/C19H22Cl2N6O2.HI/c1-2-22-19(24-11-15(28)12-8-13(20)10-14(21)9-12)23-6-5-17-25-18(27-26-17)16-4-3-7-29-16;/h3-4,7-10,15,28H,2,5-6,11H2,1H3,(H2,22,23,24)(H,25,26,27);1H. The van der Waals surface area contributed by atoms with Crippen molar-refractivity contribution in [1.29, 1.82) is 0 Å². The van der Waals surface area contributed by atoms with Gasteiger partial charge in [-0.2, -0.15) is 5.10 Å². The number of guanidine groups is 1. The minimum absolute atomic E-state index is 0. The van der Waals surface area contributed by atoms with Gasteiger partial charge in [0, 0.05) is 29.6 Å². The van der Waals surface area contributed by atoms with Crippen molar-refractivity contribution in [1.82, 2.24) is 25.8 Å². The van der Waals surface area contributed by atoms with Crippen LogP contribution in [0.5, 0.6) is 0 Å². The number of rotatable bonds is 8. The van der Waals surface area contributed by atoms with Crippen LogP contribution in [0.25, 0.3) is 11.6 Å². The molecule has 2 heterocycles. The number of H-pyrrole nitrogens is 1. The highest BCUT2D eigenvalue weighted by atomic mass is 127. The van der Waals surface area contributed by atoms with E-state index in [1.807, 2.05) is 6.92 Å². The van der Waals surface area contributed by atoms with E-state index < -0.39 is 6.10 Å². The first-order valence-corrected chi connectivity index (χ1v) is 9.92. The summed E-state index contributed by atoms with van der Waals surface area (Å²) in [6.07, 6.45) is 1.38. The third-order valence-corrected chi connectivity index (χ3v) is 4.40. The Morgan fingerprint density at radius 1 is 1.27 bits per heavy atom. The van der Waals surface area contributed by atoms with Gasteiger partial charge in [-0.1, -0.05) is 23.2 Å². The maximum atomic E-state index is 10.4. The van der Waals surface area contributed by atoms with Crippen molar-refractivity contribution in [2.45, 2.75) is 19.4 Å². The number of aliphatic hydroxyl groups excluding tert-OH is 1. The Morgan fingerprint density at radius 2 is 2.03 bits per heavy atom. The molecular formula is C19H23Cl2IN6O2. The minimum Gasteiger partial charge on any atom is -0.461 e. The number of aliphatic imine (C=N–C) groups is 1. The SMILES string of the molecule is CCNC(=NCC(O)c1cc(Cl)cc(Cl)c1)NCCc1nc(-c2ccco2)n[nH]1.I. The second-order valence-electron chi connectivity index (χ2n) is 6.20. The van der Waals surface area contributed by atoms with E-state index in [1.165, 1.54) is 0 Å². The second-order valence-corrected chi connectivity index (χ2v) is 7.07. The maximum absolute atomic E-state index is 10.4. The van der Waals surface area contributed by atoms with Gasteiger partial charge in [0.15, 0.2) is 11.7 Å². The Morgan fingerprint density at radius 3 is 2.70 bits per heavy atom. The van der Waals surface area contributed by atoms with Gasteiger partial charge in [0.05, 0.1) is 18.9 Å². The van der Waals surface area contributed by atoms with E-state index in [1.54, 1.807) is 36.6 Å². The van der Waals surface area contributed by atoms with Crippen molar-refractivity contribution in [2.24, 2.45) is 4.99 Å². The molecule has 1 unspecified atom stereocenters. The molecule has 2 aromatic heterocycles. The highest BCUT2D eigenvalue weighted by molar-refractivity contribution is 14.0. The lowest BCUT2D eigenvalue weighted by Crippen LogP contribution is -2.38. The third kappa shape index (κ3) is 7.15. The molecule has 8 nitrogen and oxygen atoms in total. The van der Waals surface area contributed by atoms with E-state index in [0.29, 0.717) is 52.7 Å². The van der Waals surface area contributed by atoms with Crippen molar-refractivity contribution in [3.63, 3.8) is 0 Å². The molecule has 1 atom stereocenters. The first-order valence-electron chi connectivity index (χ1n) is 9.16. The van der Waals surface area contributed by atoms with Crippen molar-refractivity contribution < 1.29 is 9.52 Å². The zero-order valence-electron chi connectivity index (χ0n) is 16.2. The second kappa shape index (κ2) is 12.1. The van der Waals surface area contributed by atoms with Crippen LogP contribution >= 0.6 is 47.2 Å². The predicted molar refractivity (Wildman–Crippen MR) is 129 cm³/mol. The van der Waals surface area contributed by atoms with Crippen LogP contribution in [0, 0.1) is 0 Å². The molecular weight excluding hydrogens is 542 g/mol. The van der Waals surface area contributed by atoms with E-state index in [0.717, 1.165) is 5.82 Å². The number of aromatic amines is 1. The number of nitrogens with one attached hydrogen (secondary N) is 3. The van der Waals surface area contributed by atoms with Crippen molar-refractivity contribution in [3.05, 3.63) is 58.0 Å². The summed E-state index contributed by atoms with van der Waals surface area (Å²) in [6, 6.07) is 8.56. The summed E-state index contributed by atoms with van der Waals surface area (Å²) in [6.45, 7) is 3.40. The highest BCUT2D eigenvalue weighted by Crippen LogP contribution is 2.23. The van der Waals surface area contributed by atoms with Gasteiger partial charge in [-0.3, -0.25) is 10.1 Å². The molecule has 0 spiro atoms. The van der Waals surface area contributed by atoms with Crippen LogP contribution in [-0.2, 0) is 6.42 Å². The van der Waals surface area contributed by atoms with Crippen LogP contribution in [0.4, 0.5) is 0 Å². The minimum atomic E-state index is -0.813. The largest absolute Gasteiger partial charge is 0.461 e. The summed E-state index contributed by atoms with van der Waals surface area (Å²) in [5.74, 6) is 2.46. The summed E-state index contributed by atoms with van der Waals surface area (Å²) < 4.78 is 5.28. The Bertz CT molecular complexity index is 928. The molecule has 0 bridgehead atoms. The summed E-state index contributed by atoms with van der Waals surface area (Å²) in [7, 11) is 0. The van der Waals surface area contributed by atoms with Gasteiger partial charge in [-0.05, 0) is 42.8 Å². The molecule has 0 radical (unpaired) electrons. The lowest BCUT2D eigenvalue weighted by molar-refractivity contribution is 0.187. The monoisotopic (exact) mass is 564 g/mol. The Labute approximate surface area is 201 Å². The topological polar surface area (TPSA) is 111 Å². The normalized spacial score (nSPS) is 12.3. The number of hydrogen-bond donors (Lipinski definition) is 4. The molecule has 3 aromatic rings. The average molecular weight is 565 g/mol. The van der Waals surface area contributed by atoms with Crippen LogP contribution < -0.4 is 10.6 Å². The summed E-state index contributed by atoms with van der Waals surface area (Å²) in [5, 5.41) is 24.7. The van der Waals surface area contributed by atoms with Crippen LogP contribution in [-0.4, -0.2) is 45.9 Å². The van der Waals surface area contributed by atoms with E-state index in [2.05, 4.69) is 30.8 Å². The molecule has 162 valence electrons. The van der Waals surface area contributed by atoms with Gasteiger partial charge in [0.2, 0.25) is 5.82 Å². The van der Waals surface area contributed by atoms with Gasteiger partial charge in [0.1, 0.15) is 5.82 Å². The summed E-state index contributed by atoms with van der Waals surface area (Å²) >= 11 is 12.0. The maximum Gasteiger partial charge on any atom is 0.216 e. The Kier molecular flexibility index (Phi) is 9.89. The van der Waals surface area contributed by atoms with Crippen LogP contribution in [0.15, 0.2) is 46.0 Å². The summed E-state index contributed by atoms with van der Waals surface area (Å²) in [5.41, 5.74) is 0.620. The lowest BCUT2D eigenvalue weighted by atomic mass is 10.1. The van der Waals surface area contributed by atoms with Crippen molar-refractivity contribution in [3.8, 4) is 11.6 Å². The molecule has 1 aromatic carbocycles. The molecule has 0 aliphatic carbocycles. The predicted octanol–water partition coefficient (Wildman–Crippen LogP) is 3.82.